The van der Waals surface area contributed by atoms with Gasteiger partial charge in [0.05, 0.1) is 5.52 Å². The lowest BCUT2D eigenvalue weighted by molar-refractivity contribution is -0.137. The predicted octanol–water partition coefficient (Wildman–Crippen LogP) is 7.06. The van der Waals surface area contributed by atoms with Crippen LogP contribution in [0.1, 0.15) is 51.0 Å². The van der Waals surface area contributed by atoms with Crippen LogP contribution in [0.5, 0.6) is 0 Å². The van der Waals surface area contributed by atoms with Gasteiger partial charge < -0.3 is 5.32 Å². The number of benzene rings is 2. The summed E-state index contributed by atoms with van der Waals surface area (Å²) in [6.45, 7) is 3.21. The Labute approximate surface area is 185 Å². The van der Waals surface area contributed by atoms with Gasteiger partial charge in [-0.05, 0) is 92.6 Å². The lowest BCUT2D eigenvalue weighted by Crippen LogP contribution is -2.51. The van der Waals surface area contributed by atoms with E-state index in [1.807, 2.05) is 13.0 Å². The van der Waals surface area contributed by atoms with E-state index in [1.165, 1.54) is 19.1 Å². The third kappa shape index (κ3) is 4.16. The van der Waals surface area contributed by atoms with E-state index in [2.05, 4.69) is 10.3 Å². The fourth-order valence-electron chi connectivity index (χ4n) is 4.59. The maximum atomic E-state index is 15.9. The highest BCUT2D eigenvalue weighted by atomic mass is 35.5. The first kappa shape index (κ1) is 21.7. The number of hydrogen-bond acceptors (Lipinski definition) is 2. The van der Waals surface area contributed by atoms with Crippen molar-refractivity contribution in [3.05, 3.63) is 71.1 Å². The molecule has 1 aliphatic carbocycles. The largest absolute Gasteiger partial charge is 0.323 e. The summed E-state index contributed by atoms with van der Waals surface area (Å²) >= 11 is 5.88. The maximum Gasteiger partial charge on any atom is 0.262 e. The van der Waals surface area contributed by atoms with E-state index < -0.39 is 17.0 Å². The highest BCUT2D eigenvalue weighted by molar-refractivity contribution is 6.30. The number of nitrogens with one attached hydrogen (secondary N) is 1. The minimum absolute atomic E-state index is 0.176. The van der Waals surface area contributed by atoms with E-state index >= 15 is 4.39 Å². The number of alkyl halides is 1. The van der Waals surface area contributed by atoms with Crippen LogP contribution in [-0.2, 0) is 4.79 Å². The van der Waals surface area contributed by atoms with Crippen LogP contribution in [0.2, 0.25) is 5.02 Å². The fourth-order valence-corrected chi connectivity index (χ4v) is 4.71. The van der Waals surface area contributed by atoms with Crippen LogP contribution in [0.15, 0.2) is 54.7 Å². The van der Waals surface area contributed by atoms with Gasteiger partial charge in [0.2, 0.25) is 0 Å². The van der Waals surface area contributed by atoms with Crippen molar-refractivity contribution in [2.45, 2.75) is 51.1 Å². The Morgan fingerprint density at radius 2 is 1.84 bits per heavy atom. The molecule has 0 bridgehead atoms. The van der Waals surface area contributed by atoms with Crippen LogP contribution in [0.3, 0.4) is 0 Å². The highest BCUT2D eigenvalue weighted by Gasteiger charge is 2.52. The second-order valence-corrected chi connectivity index (χ2v) is 9.30. The Bertz CT molecular complexity index is 1110. The normalized spacial score (nSPS) is 23.3. The Hall–Kier alpha value is -2.53. The smallest absolute Gasteiger partial charge is 0.262 e. The lowest BCUT2D eigenvalue weighted by atomic mass is 9.62. The monoisotopic (exact) mass is 442 g/mol. The number of amides is 1. The van der Waals surface area contributed by atoms with Crippen LogP contribution in [-0.4, -0.2) is 16.6 Å². The Morgan fingerprint density at radius 1 is 1.16 bits per heavy atom. The van der Waals surface area contributed by atoms with Gasteiger partial charge >= 0.3 is 0 Å². The van der Waals surface area contributed by atoms with Crippen LogP contribution < -0.4 is 5.32 Å². The summed E-state index contributed by atoms with van der Waals surface area (Å²) < 4.78 is 29.7. The molecule has 1 aromatic heterocycles. The summed E-state index contributed by atoms with van der Waals surface area (Å²) in [4.78, 5) is 17.1. The molecule has 0 saturated heterocycles. The van der Waals surface area contributed by atoms with Gasteiger partial charge in [-0.25, -0.2) is 8.78 Å². The van der Waals surface area contributed by atoms with Crippen molar-refractivity contribution in [3.63, 3.8) is 0 Å². The Kier molecular flexibility index (Phi) is 5.73. The van der Waals surface area contributed by atoms with Gasteiger partial charge in [0.25, 0.3) is 5.91 Å². The zero-order valence-corrected chi connectivity index (χ0v) is 18.3. The van der Waals surface area contributed by atoms with Gasteiger partial charge in [-0.1, -0.05) is 18.5 Å². The highest BCUT2D eigenvalue weighted by Crippen LogP contribution is 2.51. The van der Waals surface area contributed by atoms with Crippen molar-refractivity contribution in [3.8, 4) is 0 Å². The molecule has 1 unspecified atom stereocenters. The number of pyridine rings is 1. The molecule has 1 heterocycles. The number of hydrogen-bond donors (Lipinski definition) is 1. The second kappa shape index (κ2) is 8.19. The van der Waals surface area contributed by atoms with Gasteiger partial charge in [-0.15, -0.1) is 0 Å². The molecule has 162 valence electrons. The molecule has 0 aliphatic heterocycles. The molecule has 4 rings (SSSR count). The quantitative estimate of drug-likeness (QED) is 0.470. The first-order valence-corrected chi connectivity index (χ1v) is 10.9. The minimum Gasteiger partial charge on any atom is -0.323 e. The predicted molar refractivity (Wildman–Crippen MR) is 121 cm³/mol. The topological polar surface area (TPSA) is 42.0 Å². The van der Waals surface area contributed by atoms with Crippen molar-refractivity contribution < 1.29 is 13.6 Å². The molecule has 1 fully saturated rings. The number of nitrogens with zero attached hydrogens (tertiary/aromatic N) is 1. The Balaban J connectivity index is 1.50. The molecule has 1 amide bonds. The molecule has 0 radical (unpaired) electrons. The zero-order valence-electron chi connectivity index (χ0n) is 17.6. The lowest BCUT2D eigenvalue weighted by Gasteiger charge is -2.44. The van der Waals surface area contributed by atoms with Crippen molar-refractivity contribution in [1.82, 2.24) is 4.98 Å². The van der Waals surface area contributed by atoms with Crippen LogP contribution in [0.25, 0.3) is 10.9 Å². The number of carbonyl (C=O) groups is 1. The molecular weight excluding hydrogens is 418 g/mol. The van der Waals surface area contributed by atoms with Crippen LogP contribution in [0, 0.1) is 11.2 Å². The molecule has 0 spiro atoms. The van der Waals surface area contributed by atoms with Gasteiger partial charge in [-0.3, -0.25) is 9.78 Å². The first-order valence-electron chi connectivity index (χ1n) is 10.5. The average molecular weight is 443 g/mol. The molecule has 1 saturated carbocycles. The van der Waals surface area contributed by atoms with E-state index in [-0.39, 0.29) is 11.7 Å². The van der Waals surface area contributed by atoms with E-state index in [0.717, 1.165) is 29.3 Å². The van der Waals surface area contributed by atoms with Crippen molar-refractivity contribution >= 4 is 34.1 Å². The number of aromatic nitrogens is 1. The fraction of sp³-hybridized carbons (Fsp3) is 0.360. The molecule has 6 heteroatoms. The maximum absolute atomic E-state index is 15.9. The van der Waals surface area contributed by atoms with Crippen LogP contribution in [0.4, 0.5) is 14.5 Å². The van der Waals surface area contributed by atoms with Gasteiger partial charge in [0, 0.05) is 27.7 Å². The van der Waals surface area contributed by atoms with Crippen molar-refractivity contribution in [2.75, 3.05) is 5.32 Å². The summed E-state index contributed by atoms with van der Waals surface area (Å²) in [6, 6.07) is 13.2. The number of halogens is 3. The number of anilines is 1. The summed E-state index contributed by atoms with van der Waals surface area (Å²) in [5.41, 5.74) is -0.526. The van der Waals surface area contributed by atoms with E-state index in [4.69, 9.17) is 11.6 Å². The zero-order chi connectivity index (χ0) is 22.2. The summed E-state index contributed by atoms with van der Waals surface area (Å²) in [7, 11) is 0. The van der Waals surface area contributed by atoms with Gasteiger partial charge in [0.15, 0.2) is 5.67 Å². The Morgan fingerprint density at radius 3 is 2.52 bits per heavy atom. The van der Waals surface area contributed by atoms with Crippen molar-refractivity contribution in [2.24, 2.45) is 5.41 Å². The third-order valence-corrected chi connectivity index (χ3v) is 7.18. The number of fused-ring (bicyclic) bond motifs is 1. The number of carbonyl (C=O) groups excluding carboxylic acids is 1. The molecule has 31 heavy (non-hydrogen) atoms. The third-order valence-electron chi connectivity index (χ3n) is 6.93. The molecule has 3 aromatic rings. The van der Waals surface area contributed by atoms with Gasteiger partial charge in [-0.2, -0.15) is 0 Å². The van der Waals surface area contributed by atoms with E-state index in [0.29, 0.717) is 23.6 Å². The minimum atomic E-state index is -2.04. The molecule has 3 nitrogen and oxygen atoms in total. The molecule has 1 aliphatic rings. The summed E-state index contributed by atoms with van der Waals surface area (Å²) in [5, 5.41) is 4.04. The SMILES string of the molecule is CC(F)(C(=O)Nc1ccc(Cl)cc1)[C@]1(C)CC[C@H](c2ccnc3ccc(F)cc32)CC1. The summed E-state index contributed by atoms with van der Waals surface area (Å²) in [5.74, 6) is -0.764. The first-order chi connectivity index (χ1) is 14.7. The standard InChI is InChI=1S/C25H25ClF2N2O/c1-24(25(2,28)23(31)30-19-6-3-17(26)4-7-19)12-9-16(10-13-24)20-11-14-29-22-8-5-18(27)15-21(20)22/h3-8,11,14-16H,9-10,12-13H2,1-2H3,(H,30,31)/t16-,24+,25?. The van der Waals surface area contributed by atoms with Crippen LogP contribution >= 0.6 is 11.6 Å². The molecule has 1 N–H and O–H groups in total. The van der Waals surface area contributed by atoms with E-state index in [1.54, 1.807) is 36.5 Å². The molecular formula is C25H25ClF2N2O. The second-order valence-electron chi connectivity index (χ2n) is 8.86. The summed E-state index contributed by atoms with van der Waals surface area (Å²) in [6.07, 6.45) is 4.29. The molecule has 1 atom stereocenters. The van der Waals surface area contributed by atoms with E-state index in [9.17, 15) is 9.18 Å². The number of rotatable bonds is 4. The average Bonchev–Trinajstić information content (AvgIpc) is 2.75. The molecule has 2 aromatic carbocycles. The van der Waals surface area contributed by atoms with Crippen molar-refractivity contribution in [1.29, 1.82) is 0 Å². The van der Waals surface area contributed by atoms with Gasteiger partial charge in [0.1, 0.15) is 5.82 Å².